The van der Waals surface area contributed by atoms with Crippen molar-refractivity contribution in [1.29, 1.82) is 0 Å². The molecule has 0 aliphatic carbocycles. The summed E-state index contributed by atoms with van der Waals surface area (Å²) in [5.41, 5.74) is 1.32. The molecule has 130 valence electrons. The van der Waals surface area contributed by atoms with E-state index in [9.17, 15) is 14.0 Å². The fourth-order valence-electron chi connectivity index (χ4n) is 3.71. The fourth-order valence-corrected chi connectivity index (χ4v) is 3.71. The SMILES string of the molecule is Cc1ccc([C@@H](C)NC(=O)N2CCC[C@H]3C(=O)N(C)C[C@H]32)cc1F. The number of carbonyl (C=O) groups is 2. The van der Waals surface area contributed by atoms with E-state index in [2.05, 4.69) is 5.32 Å². The molecule has 6 heteroatoms. The lowest BCUT2D eigenvalue weighted by atomic mass is 9.92. The van der Waals surface area contributed by atoms with Crippen LogP contribution in [0.25, 0.3) is 0 Å². The first kappa shape index (κ1) is 16.7. The highest BCUT2D eigenvalue weighted by Gasteiger charge is 2.45. The topological polar surface area (TPSA) is 52.7 Å². The molecular weight excluding hydrogens is 309 g/mol. The second-order valence-electron chi connectivity index (χ2n) is 6.91. The van der Waals surface area contributed by atoms with E-state index in [1.807, 2.05) is 13.0 Å². The number of hydrogen-bond acceptors (Lipinski definition) is 2. The highest BCUT2D eigenvalue weighted by molar-refractivity contribution is 5.84. The lowest BCUT2D eigenvalue weighted by Crippen LogP contribution is -2.52. The molecule has 1 aromatic rings. The van der Waals surface area contributed by atoms with Crippen LogP contribution in [0, 0.1) is 18.7 Å². The standard InChI is InChI=1S/C18H24FN3O2/c1-11-6-7-13(9-15(11)19)12(2)20-18(24)22-8-4-5-14-16(22)10-21(3)17(14)23/h6-7,9,12,14,16H,4-5,8,10H2,1-3H3,(H,20,24)/t12-,14-,16-/m1/s1. The van der Waals surface area contributed by atoms with Crippen molar-refractivity contribution in [2.75, 3.05) is 20.1 Å². The van der Waals surface area contributed by atoms with Gasteiger partial charge in [0.25, 0.3) is 0 Å². The third kappa shape index (κ3) is 2.97. The van der Waals surface area contributed by atoms with E-state index < -0.39 is 0 Å². The van der Waals surface area contributed by atoms with Gasteiger partial charge in [0.2, 0.25) is 5.91 Å². The number of piperidine rings is 1. The van der Waals surface area contributed by atoms with Crippen molar-refractivity contribution >= 4 is 11.9 Å². The van der Waals surface area contributed by atoms with Crippen molar-refractivity contribution in [3.63, 3.8) is 0 Å². The molecule has 2 aliphatic heterocycles. The first-order valence-electron chi connectivity index (χ1n) is 8.46. The normalized spacial score (nSPS) is 24.8. The highest BCUT2D eigenvalue weighted by atomic mass is 19.1. The summed E-state index contributed by atoms with van der Waals surface area (Å²) in [6, 6.07) is 4.48. The van der Waals surface area contributed by atoms with Crippen LogP contribution in [0.5, 0.6) is 0 Å². The van der Waals surface area contributed by atoms with Gasteiger partial charge in [-0.2, -0.15) is 0 Å². The van der Waals surface area contributed by atoms with E-state index in [0.717, 1.165) is 18.4 Å². The molecule has 0 spiro atoms. The molecule has 3 amide bonds. The number of urea groups is 1. The molecule has 2 heterocycles. The Morgan fingerprint density at radius 1 is 1.42 bits per heavy atom. The van der Waals surface area contributed by atoms with Gasteiger partial charge in [-0.15, -0.1) is 0 Å². The molecule has 0 unspecified atom stereocenters. The highest BCUT2D eigenvalue weighted by Crippen LogP contribution is 2.31. The lowest BCUT2D eigenvalue weighted by Gasteiger charge is -2.36. The van der Waals surface area contributed by atoms with Crippen LogP contribution in [0.2, 0.25) is 0 Å². The van der Waals surface area contributed by atoms with Crippen LogP contribution in [0.4, 0.5) is 9.18 Å². The zero-order valence-corrected chi connectivity index (χ0v) is 14.4. The third-order valence-electron chi connectivity index (χ3n) is 5.23. The van der Waals surface area contributed by atoms with Crippen LogP contribution in [0.1, 0.15) is 36.9 Å². The molecule has 5 nitrogen and oxygen atoms in total. The molecule has 0 radical (unpaired) electrons. The third-order valence-corrected chi connectivity index (χ3v) is 5.23. The molecular formula is C18H24FN3O2. The van der Waals surface area contributed by atoms with Crippen LogP contribution in [0.3, 0.4) is 0 Å². The summed E-state index contributed by atoms with van der Waals surface area (Å²) in [4.78, 5) is 28.3. The number of rotatable bonds is 2. The Hall–Kier alpha value is -2.11. The van der Waals surface area contributed by atoms with Gasteiger partial charge >= 0.3 is 6.03 Å². The predicted molar refractivity (Wildman–Crippen MR) is 88.9 cm³/mol. The minimum Gasteiger partial charge on any atom is -0.343 e. The van der Waals surface area contributed by atoms with E-state index >= 15 is 0 Å². The number of fused-ring (bicyclic) bond motifs is 1. The number of halogens is 1. The van der Waals surface area contributed by atoms with Crippen LogP contribution in [-0.2, 0) is 4.79 Å². The number of nitrogens with one attached hydrogen (secondary N) is 1. The van der Waals surface area contributed by atoms with Crippen molar-refractivity contribution in [1.82, 2.24) is 15.1 Å². The fraction of sp³-hybridized carbons (Fsp3) is 0.556. The zero-order chi connectivity index (χ0) is 17.4. The average Bonchev–Trinajstić information content (AvgIpc) is 2.84. The van der Waals surface area contributed by atoms with Crippen LogP contribution < -0.4 is 5.32 Å². The Balaban J connectivity index is 1.70. The summed E-state index contributed by atoms with van der Waals surface area (Å²) < 4.78 is 13.7. The first-order valence-corrected chi connectivity index (χ1v) is 8.46. The van der Waals surface area contributed by atoms with E-state index in [1.54, 1.807) is 29.8 Å². The number of nitrogens with zero attached hydrogens (tertiary/aromatic N) is 2. The monoisotopic (exact) mass is 333 g/mol. The molecule has 1 N–H and O–H groups in total. The number of likely N-dealkylation sites (tertiary alicyclic amines) is 2. The first-order chi connectivity index (χ1) is 11.4. The van der Waals surface area contributed by atoms with Gasteiger partial charge in [0, 0.05) is 20.1 Å². The summed E-state index contributed by atoms with van der Waals surface area (Å²) in [7, 11) is 1.79. The molecule has 0 saturated carbocycles. The van der Waals surface area contributed by atoms with Crippen molar-refractivity contribution in [2.45, 2.75) is 38.8 Å². The zero-order valence-electron chi connectivity index (χ0n) is 14.4. The van der Waals surface area contributed by atoms with E-state index in [0.29, 0.717) is 18.7 Å². The molecule has 1 aromatic carbocycles. The van der Waals surface area contributed by atoms with Gasteiger partial charge in [0.1, 0.15) is 5.82 Å². The Labute approximate surface area is 141 Å². The number of amides is 3. The number of hydrogen-bond donors (Lipinski definition) is 1. The van der Waals surface area contributed by atoms with Crippen molar-refractivity contribution in [3.05, 3.63) is 35.1 Å². The van der Waals surface area contributed by atoms with Gasteiger partial charge in [-0.1, -0.05) is 12.1 Å². The van der Waals surface area contributed by atoms with Gasteiger partial charge in [-0.25, -0.2) is 9.18 Å². The molecule has 3 atom stereocenters. The van der Waals surface area contributed by atoms with Gasteiger partial charge in [0.15, 0.2) is 0 Å². The Morgan fingerprint density at radius 3 is 2.88 bits per heavy atom. The second kappa shape index (κ2) is 6.42. The summed E-state index contributed by atoms with van der Waals surface area (Å²) >= 11 is 0. The van der Waals surface area contributed by atoms with Crippen molar-refractivity contribution in [2.24, 2.45) is 5.92 Å². The Morgan fingerprint density at radius 2 is 2.17 bits per heavy atom. The Kier molecular flexibility index (Phi) is 4.47. The van der Waals surface area contributed by atoms with Crippen LogP contribution in [0.15, 0.2) is 18.2 Å². The summed E-state index contributed by atoms with van der Waals surface area (Å²) in [6.45, 7) is 4.80. The van der Waals surface area contributed by atoms with E-state index in [-0.39, 0.29) is 35.8 Å². The molecule has 2 saturated heterocycles. The molecule has 24 heavy (non-hydrogen) atoms. The second-order valence-corrected chi connectivity index (χ2v) is 6.91. The maximum Gasteiger partial charge on any atom is 0.318 e. The maximum atomic E-state index is 13.7. The molecule has 0 aromatic heterocycles. The Bertz CT molecular complexity index is 664. The predicted octanol–water partition coefficient (Wildman–Crippen LogP) is 2.46. The molecule has 3 rings (SSSR count). The number of likely N-dealkylation sites (N-methyl/N-ethyl adjacent to an activating group) is 1. The minimum atomic E-state index is -0.289. The van der Waals surface area contributed by atoms with Crippen molar-refractivity contribution in [3.8, 4) is 0 Å². The largest absolute Gasteiger partial charge is 0.343 e. The van der Waals surface area contributed by atoms with E-state index in [4.69, 9.17) is 0 Å². The lowest BCUT2D eigenvalue weighted by molar-refractivity contribution is -0.130. The van der Waals surface area contributed by atoms with Crippen LogP contribution >= 0.6 is 0 Å². The van der Waals surface area contributed by atoms with Gasteiger partial charge < -0.3 is 15.1 Å². The van der Waals surface area contributed by atoms with Crippen LogP contribution in [-0.4, -0.2) is 47.9 Å². The number of aryl methyl sites for hydroxylation is 1. The van der Waals surface area contributed by atoms with Gasteiger partial charge in [-0.05, 0) is 43.9 Å². The molecule has 2 fully saturated rings. The quantitative estimate of drug-likeness (QED) is 0.904. The summed E-state index contributed by atoms with van der Waals surface area (Å²) in [5.74, 6) is -0.220. The average molecular weight is 333 g/mol. The van der Waals surface area contributed by atoms with Gasteiger partial charge in [0.05, 0.1) is 18.0 Å². The van der Waals surface area contributed by atoms with E-state index in [1.165, 1.54) is 6.07 Å². The minimum absolute atomic E-state index is 0.0572. The molecule has 2 aliphatic rings. The maximum absolute atomic E-state index is 13.7. The van der Waals surface area contributed by atoms with Gasteiger partial charge in [-0.3, -0.25) is 4.79 Å². The summed E-state index contributed by atoms with van der Waals surface area (Å²) in [5, 5.41) is 2.95. The smallest absolute Gasteiger partial charge is 0.318 e. The summed E-state index contributed by atoms with van der Waals surface area (Å²) in [6.07, 6.45) is 1.68. The molecule has 0 bridgehead atoms. The van der Waals surface area contributed by atoms with Crippen molar-refractivity contribution < 1.29 is 14.0 Å². The number of carbonyl (C=O) groups excluding carboxylic acids is 2. The number of benzene rings is 1.